The molecule has 0 atom stereocenters. The lowest BCUT2D eigenvalue weighted by atomic mass is 9.90. The van der Waals surface area contributed by atoms with Crippen LogP contribution in [0, 0.1) is 0 Å². The van der Waals surface area contributed by atoms with Gasteiger partial charge in [-0.25, -0.2) is 4.98 Å². The zero-order valence-corrected chi connectivity index (χ0v) is 7.96. The topological polar surface area (TPSA) is 34.9 Å². The van der Waals surface area contributed by atoms with Gasteiger partial charge in [-0.1, -0.05) is 20.8 Å². The van der Waals surface area contributed by atoms with Crippen LogP contribution in [-0.4, -0.2) is 15.8 Å². The van der Waals surface area contributed by atoms with Crippen molar-refractivity contribution in [3.8, 4) is 0 Å². The lowest BCUT2D eigenvalue weighted by molar-refractivity contribution is 0.111. The van der Waals surface area contributed by atoms with Crippen molar-refractivity contribution in [3.63, 3.8) is 0 Å². The van der Waals surface area contributed by atoms with E-state index >= 15 is 0 Å². The number of aldehydes is 1. The number of aromatic nitrogens is 2. The molecule has 12 heavy (non-hydrogen) atoms. The minimum absolute atomic E-state index is 0.0263. The summed E-state index contributed by atoms with van der Waals surface area (Å²) in [6.07, 6.45) is 2.48. The molecule has 0 fully saturated rings. The number of carbonyl (C=O) groups is 1. The summed E-state index contributed by atoms with van der Waals surface area (Å²) in [6.45, 7) is 6.20. The number of aryl methyl sites for hydroxylation is 1. The second kappa shape index (κ2) is 2.73. The zero-order chi connectivity index (χ0) is 9.35. The SMILES string of the molecule is Cn1cnc(C=O)c1C(C)(C)C. The molecule has 1 heterocycles. The van der Waals surface area contributed by atoms with E-state index in [0.29, 0.717) is 5.69 Å². The highest BCUT2D eigenvalue weighted by Gasteiger charge is 2.21. The fourth-order valence-corrected chi connectivity index (χ4v) is 1.45. The minimum atomic E-state index is -0.0263. The van der Waals surface area contributed by atoms with E-state index in [0.717, 1.165) is 12.0 Å². The van der Waals surface area contributed by atoms with Crippen LogP contribution in [-0.2, 0) is 12.5 Å². The zero-order valence-electron chi connectivity index (χ0n) is 7.96. The Balaban J connectivity index is 3.28. The van der Waals surface area contributed by atoms with E-state index in [4.69, 9.17) is 0 Å². The van der Waals surface area contributed by atoms with Gasteiger partial charge in [0.15, 0.2) is 6.29 Å². The van der Waals surface area contributed by atoms with Gasteiger partial charge in [-0.2, -0.15) is 0 Å². The largest absolute Gasteiger partial charge is 0.337 e. The smallest absolute Gasteiger partial charge is 0.170 e. The fraction of sp³-hybridized carbons (Fsp3) is 0.556. The summed E-state index contributed by atoms with van der Waals surface area (Å²) < 4.78 is 1.89. The van der Waals surface area contributed by atoms with Gasteiger partial charge in [-0.3, -0.25) is 4.79 Å². The number of hydrogen-bond donors (Lipinski definition) is 0. The van der Waals surface area contributed by atoms with E-state index in [1.807, 2.05) is 11.6 Å². The van der Waals surface area contributed by atoms with E-state index in [-0.39, 0.29) is 5.41 Å². The van der Waals surface area contributed by atoms with Crippen molar-refractivity contribution in [1.82, 2.24) is 9.55 Å². The standard InChI is InChI=1S/C9H14N2O/c1-9(2,3)8-7(5-12)10-6-11(8)4/h5-6H,1-4H3. The monoisotopic (exact) mass is 166 g/mol. The van der Waals surface area contributed by atoms with Crippen molar-refractivity contribution in [2.75, 3.05) is 0 Å². The third-order valence-electron chi connectivity index (χ3n) is 1.79. The second-order valence-corrected chi connectivity index (χ2v) is 3.96. The Labute approximate surface area is 72.4 Å². The predicted octanol–water partition coefficient (Wildman–Crippen LogP) is 1.53. The van der Waals surface area contributed by atoms with Gasteiger partial charge in [-0.15, -0.1) is 0 Å². The molecule has 0 spiro atoms. The molecular formula is C9H14N2O. The Morgan fingerprint density at radius 3 is 2.42 bits per heavy atom. The van der Waals surface area contributed by atoms with Gasteiger partial charge in [0.25, 0.3) is 0 Å². The fourth-order valence-electron chi connectivity index (χ4n) is 1.45. The summed E-state index contributed by atoms with van der Waals surface area (Å²) in [5, 5.41) is 0. The molecule has 1 aromatic rings. The van der Waals surface area contributed by atoms with E-state index in [1.54, 1.807) is 6.33 Å². The highest BCUT2D eigenvalue weighted by atomic mass is 16.1. The molecule has 0 aliphatic rings. The van der Waals surface area contributed by atoms with Crippen LogP contribution < -0.4 is 0 Å². The van der Waals surface area contributed by atoms with Gasteiger partial charge in [0.1, 0.15) is 5.69 Å². The average molecular weight is 166 g/mol. The first-order valence-corrected chi connectivity index (χ1v) is 3.94. The highest BCUT2D eigenvalue weighted by molar-refractivity contribution is 5.74. The molecule has 3 nitrogen and oxygen atoms in total. The molecule has 0 aromatic carbocycles. The van der Waals surface area contributed by atoms with Crippen molar-refractivity contribution in [3.05, 3.63) is 17.7 Å². The Morgan fingerprint density at radius 1 is 1.50 bits per heavy atom. The first kappa shape index (κ1) is 8.97. The molecule has 0 unspecified atom stereocenters. The molecule has 1 rings (SSSR count). The Morgan fingerprint density at radius 2 is 2.08 bits per heavy atom. The highest BCUT2D eigenvalue weighted by Crippen LogP contribution is 2.23. The minimum Gasteiger partial charge on any atom is -0.337 e. The molecule has 0 radical (unpaired) electrons. The van der Waals surface area contributed by atoms with Gasteiger partial charge in [0, 0.05) is 12.5 Å². The van der Waals surface area contributed by atoms with E-state index in [1.165, 1.54) is 0 Å². The number of nitrogens with zero attached hydrogens (tertiary/aromatic N) is 2. The van der Waals surface area contributed by atoms with Crippen LogP contribution in [0.25, 0.3) is 0 Å². The van der Waals surface area contributed by atoms with Crippen molar-refractivity contribution < 1.29 is 4.79 Å². The molecule has 0 amide bonds. The maximum atomic E-state index is 10.6. The molecule has 0 saturated carbocycles. The number of imidazole rings is 1. The van der Waals surface area contributed by atoms with Crippen LogP contribution >= 0.6 is 0 Å². The summed E-state index contributed by atoms with van der Waals surface area (Å²) in [6, 6.07) is 0. The van der Waals surface area contributed by atoms with Gasteiger partial charge >= 0.3 is 0 Å². The maximum absolute atomic E-state index is 10.6. The van der Waals surface area contributed by atoms with Gasteiger partial charge in [0.2, 0.25) is 0 Å². The summed E-state index contributed by atoms with van der Waals surface area (Å²) in [5.74, 6) is 0. The van der Waals surface area contributed by atoms with Crippen LogP contribution in [0.1, 0.15) is 37.0 Å². The molecule has 3 heteroatoms. The summed E-state index contributed by atoms with van der Waals surface area (Å²) >= 11 is 0. The van der Waals surface area contributed by atoms with Crippen molar-refractivity contribution in [2.45, 2.75) is 26.2 Å². The quantitative estimate of drug-likeness (QED) is 0.593. The van der Waals surface area contributed by atoms with Crippen LogP contribution in [0.4, 0.5) is 0 Å². The Hall–Kier alpha value is -1.12. The molecule has 1 aromatic heterocycles. The second-order valence-electron chi connectivity index (χ2n) is 3.96. The first-order chi connectivity index (χ1) is 5.46. The molecule has 66 valence electrons. The van der Waals surface area contributed by atoms with Crippen molar-refractivity contribution in [1.29, 1.82) is 0 Å². The van der Waals surface area contributed by atoms with E-state index in [2.05, 4.69) is 25.8 Å². The third-order valence-corrected chi connectivity index (χ3v) is 1.79. The van der Waals surface area contributed by atoms with Crippen molar-refractivity contribution >= 4 is 6.29 Å². The summed E-state index contributed by atoms with van der Waals surface area (Å²) in [4.78, 5) is 14.6. The molecule has 0 N–H and O–H groups in total. The molecule has 0 aliphatic heterocycles. The van der Waals surface area contributed by atoms with Gasteiger partial charge in [-0.05, 0) is 0 Å². The molecule has 0 bridgehead atoms. The predicted molar refractivity (Wildman–Crippen MR) is 47.3 cm³/mol. The van der Waals surface area contributed by atoms with Gasteiger partial charge in [0.05, 0.1) is 12.0 Å². The Kier molecular flexibility index (Phi) is 2.04. The third kappa shape index (κ3) is 1.40. The van der Waals surface area contributed by atoms with Gasteiger partial charge < -0.3 is 4.57 Å². The van der Waals surface area contributed by atoms with Crippen LogP contribution in [0.15, 0.2) is 6.33 Å². The van der Waals surface area contributed by atoms with Crippen LogP contribution in [0.5, 0.6) is 0 Å². The van der Waals surface area contributed by atoms with E-state index in [9.17, 15) is 4.79 Å². The lowest BCUT2D eigenvalue weighted by Gasteiger charge is -2.19. The summed E-state index contributed by atoms with van der Waals surface area (Å²) in [5.41, 5.74) is 1.50. The van der Waals surface area contributed by atoms with Crippen LogP contribution in [0.2, 0.25) is 0 Å². The first-order valence-electron chi connectivity index (χ1n) is 3.94. The summed E-state index contributed by atoms with van der Waals surface area (Å²) in [7, 11) is 1.90. The molecular weight excluding hydrogens is 152 g/mol. The van der Waals surface area contributed by atoms with Crippen molar-refractivity contribution in [2.24, 2.45) is 7.05 Å². The number of hydrogen-bond acceptors (Lipinski definition) is 2. The van der Waals surface area contributed by atoms with Crippen LogP contribution in [0.3, 0.4) is 0 Å². The lowest BCUT2D eigenvalue weighted by Crippen LogP contribution is -2.17. The molecule has 0 aliphatic carbocycles. The normalized spacial score (nSPS) is 11.7. The van der Waals surface area contributed by atoms with E-state index < -0.39 is 0 Å². The number of carbonyl (C=O) groups excluding carboxylic acids is 1. The number of rotatable bonds is 1. The average Bonchev–Trinajstić information content (AvgIpc) is 2.29. The maximum Gasteiger partial charge on any atom is 0.170 e. The molecule has 0 saturated heterocycles. The Bertz CT molecular complexity index is 294.